The van der Waals surface area contributed by atoms with E-state index in [4.69, 9.17) is 4.52 Å². The number of rotatable bonds is 3. The molecule has 0 amide bonds. The molecule has 8 nitrogen and oxygen atoms in total. The van der Waals surface area contributed by atoms with Gasteiger partial charge in [0, 0.05) is 32.2 Å². The Morgan fingerprint density at radius 2 is 2.05 bits per heavy atom. The van der Waals surface area contributed by atoms with Crippen molar-refractivity contribution in [2.75, 3.05) is 31.1 Å². The minimum Gasteiger partial charge on any atom is -0.360 e. The lowest BCUT2D eigenvalue weighted by Gasteiger charge is -2.34. The first-order valence-corrected chi connectivity index (χ1v) is 7.34. The first-order chi connectivity index (χ1) is 10.8. The summed E-state index contributed by atoms with van der Waals surface area (Å²) in [6.45, 7) is 6.58. The summed E-state index contributed by atoms with van der Waals surface area (Å²) in [6, 6.07) is 5.94. The van der Waals surface area contributed by atoms with Crippen molar-refractivity contribution in [1.29, 1.82) is 0 Å². The van der Waals surface area contributed by atoms with Crippen LogP contribution in [-0.4, -0.2) is 56.0 Å². The van der Waals surface area contributed by atoms with E-state index >= 15 is 0 Å². The van der Waals surface area contributed by atoms with Crippen molar-refractivity contribution in [2.24, 2.45) is 0 Å². The third-order valence-corrected chi connectivity index (χ3v) is 3.90. The predicted octanol–water partition coefficient (Wildman–Crippen LogP) is 0.743. The second-order valence-electron chi connectivity index (χ2n) is 5.52. The Labute approximate surface area is 127 Å². The van der Waals surface area contributed by atoms with Crippen LogP contribution in [0.2, 0.25) is 0 Å². The van der Waals surface area contributed by atoms with Crippen molar-refractivity contribution in [1.82, 2.24) is 29.9 Å². The van der Waals surface area contributed by atoms with Crippen LogP contribution < -0.4 is 4.90 Å². The lowest BCUT2D eigenvalue weighted by Crippen LogP contribution is -2.46. The zero-order valence-corrected chi connectivity index (χ0v) is 12.4. The quantitative estimate of drug-likeness (QED) is 0.706. The number of anilines is 1. The Bertz CT molecular complexity index is 772. The topological polar surface area (TPSA) is 75.6 Å². The van der Waals surface area contributed by atoms with E-state index in [0.717, 1.165) is 55.6 Å². The van der Waals surface area contributed by atoms with Gasteiger partial charge in [-0.1, -0.05) is 5.16 Å². The van der Waals surface area contributed by atoms with E-state index in [9.17, 15) is 0 Å². The molecule has 0 aromatic carbocycles. The summed E-state index contributed by atoms with van der Waals surface area (Å²) in [6.07, 6.45) is 1.63. The standard InChI is InChI=1S/C14H17N7O/c1-11-8-12(22-18-11)9-19-4-6-20(7-5-19)14-3-2-13-16-15-10-21(13)17-14/h2-3,8,10H,4-7,9H2,1H3. The fraction of sp³-hybridized carbons (Fsp3) is 0.429. The number of hydrogen-bond donors (Lipinski definition) is 0. The van der Waals surface area contributed by atoms with Crippen LogP contribution in [0.15, 0.2) is 29.0 Å². The maximum Gasteiger partial charge on any atom is 0.177 e. The van der Waals surface area contributed by atoms with Gasteiger partial charge in [0.15, 0.2) is 11.4 Å². The molecule has 8 heteroatoms. The van der Waals surface area contributed by atoms with Crippen molar-refractivity contribution >= 4 is 11.5 Å². The van der Waals surface area contributed by atoms with Gasteiger partial charge in [0.05, 0.1) is 12.2 Å². The largest absolute Gasteiger partial charge is 0.360 e. The molecule has 114 valence electrons. The predicted molar refractivity (Wildman–Crippen MR) is 79.5 cm³/mol. The zero-order valence-electron chi connectivity index (χ0n) is 12.4. The second kappa shape index (κ2) is 5.38. The number of nitrogens with zero attached hydrogens (tertiary/aromatic N) is 7. The second-order valence-corrected chi connectivity index (χ2v) is 5.52. The highest BCUT2D eigenvalue weighted by atomic mass is 16.5. The van der Waals surface area contributed by atoms with E-state index in [-0.39, 0.29) is 0 Å². The normalized spacial score (nSPS) is 16.5. The maximum absolute atomic E-state index is 5.28. The molecule has 0 N–H and O–H groups in total. The van der Waals surface area contributed by atoms with Crippen molar-refractivity contribution in [3.05, 3.63) is 36.0 Å². The average Bonchev–Trinajstić information content (AvgIpc) is 3.16. The highest BCUT2D eigenvalue weighted by Crippen LogP contribution is 2.15. The molecule has 0 unspecified atom stereocenters. The van der Waals surface area contributed by atoms with E-state index in [1.807, 2.05) is 25.1 Å². The summed E-state index contributed by atoms with van der Waals surface area (Å²) < 4.78 is 6.99. The average molecular weight is 299 g/mol. The van der Waals surface area contributed by atoms with Crippen LogP contribution in [0, 0.1) is 6.92 Å². The molecule has 1 aliphatic heterocycles. The van der Waals surface area contributed by atoms with Crippen molar-refractivity contribution < 1.29 is 4.52 Å². The van der Waals surface area contributed by atoms with Gasteiger partial charge in [-0.25, -0.2) is 0 Å². The molecule has 3 aromatic rings. The van der Waals surface area contributed by atoms with Gasteiger partial charge in [0.25, 0.3) is 0 Å². The van der Waals surface area contributed by atoms with Gasteiger partial charge in [-0.15, -0.1) is 15.3 Å². The van der Waals surface area contributed by atoms with Crippen LogP contribution >= 0.6 is 0 Å². The van der Waals surface area contributed by atoms with Gasteiger partial charge in [-0.3, -0.25) is 4.90 Å². The van der Waals surface area contributed by atoms with Crippen LogP contribution in [0.1, 0.15) is 11.5 Å². The maximum atomic E-state index is 5.28. The van der Waals surface area contributed by atoms with Crippen molar-refractivity contribution in [3.8, 4) is 0 Å². The van der Waals surface area contributed by atoms with Crippen LogP contribution in [0.4, 0.5) is 5.82 Å². The Morgan fingerprint density at radius 3 is 2.82 bits per heavy atom. The molecule has 22 heavy (non-hydrogen) atoms. The molecule has 4 heterocycles. The number of aromatic nitrogens is 5. The van der Waals surface area contributed by atoms with E-state index < -0.39 is 0 Å². The third kappa shape index (κ3) is 2.52. The summed E-state index contributed by atoms with van der Waals surface area (Å²) in [5.74, 6) is 1.89. The van der Waals surface area contributed by atoms with Crippen LogP contribution in [0.5, 0.6) is 0 Å². The zero-order chi connectivity index (χ0) is 14.9. The minimum absolute atomic E-state index is 0.767. The molecule has 0 atom stereocenters. The van der Waals surface area contributed by atoms with E-state index in [1.54, 1.807) is 10.8 Å². The molecule has 1 fully saturated rings. The van der Waals surface area contributed by atoms with Gasteiger partial charge in [0.1, 0.15) is 12.1 Å². The fourth-order valence-electron chi connectivity index (χ4n) is 2.73. The van der Waals surface area contributed by atoms with E-state index in [1.165, 1.54) is 0 Å². The first-order valence-electron chi connectivity index (χ1n) is 7.34. The molecule has 0 bridgehead atoms. The number of hydrogen-bond acceptors (Lipinski definition) is 7. The Morgan fingerprint density at radius 1 is 1.18 bits per heavy atom. The SMILES string of the molecule is Cc1cc(CN2CCN(c3ccc4nncn4n3)CC2)on1. The number of aryl methyl sites for hydroxylation is 1. The monoisotopic (exact) mass is 299 g/mol. The summed E-state index contributed by atoms with van der Waals surface area (Å²) in [5, 5.41) is 16.3. The molecular weight excluding hydrogens is 282 g/mol. The lowest BCUT2D eigenvalue weighted by molar-refractivity contribution is 0.219. The van der Waals surface area contributed by atoms with Crippen molar-refractivity contribution in [2.45, 2.75) is 13.5 Å². The number of piperazine rings is 1. The van der Waals surface area contributed by atoms with E-state index in [0.29, 0.717) is 0 Å². The summed E-state index contributed by atoms with van der Waals surface area (Å²) in [5.41, 5.74) is 1.70. The van der Waals surface area contributed by atoms with Crippen LogP contribution in [-0.2, 0) is 6.54 Å². The number of fused-ring (bicyclic) bond motifs is 1. The highest BCUT2D eigenvalue weighted by Gasteiger charge is 2.19. The smallest absolute Gasteiger partial charge is 0.177 e. The van der Waals surface area contributed by atoms with Gasteiger partial charge in [-0.05, 0) is 19.1 Å². The molecule has 0 radical (unpaired) electrons. The van der Waals surface area contributed by atoms with Crippen LogP contribution in [0.3, 0.4) is 0 Å². The minimum atomic E-state index is 0.767. The Kier molecular flexibility index (Phi) is 3.23. The molecule has 1 saturated heterocycles. The summed E-state index contributed by atoms with van der Waals surface area (Å²) >= 11 is 0. The van der Waals surface area contributed by atoms with Gasteiger partial charge in [0.2, 0.25) is 0 Å². The molecule has 3 aromatic heterocycles. The first kappa shape index (κ1) is 13.2. The van der Waals surface area contributed by atoms with E-state index in [2.05, 4.69) is 30.3 Å². The lowest BCUT2D eigenvalue weighted by atomic mass is 10.3. The molecule has 0 aliphatic carbocycles. The van der Waals surface area contributed by atoms with Crippen molar-refractivity contribution in [3.63, 3.8) is 0 Å². The molecular formula is C14H17N7O. The highest BCUT2D eigenvalue weighted by molar-refractivity contribution is 5.45. The molecule has 1 aliphatic rings. The summed E-state index contributed by atoms with van der Waals surface area (Å²) in [7, 11) is 0. The molecule has 0 saturated carbocycles. The Balaban J connectivity index is 1.40. The third-order valence-electron chi connectivity index (χ3n) is 3.90. The molecule has 0 spiro atoms. The Hall–Kier alpha value is -2.48. The van der Waals surface area contributed by atoms with Gasteiger partial charge in [-0.2, -0.15) is 4.52 Å². The molecule has 4 rings (SSSR count). The van der Waals surface area contributed by atoms with Gasteiger partial charge < -0.3 is 9.42 Å². The summed E-state index contributed by atoms with van der Waals surface area (Å²) in [4.78, 5) is 4.65. The van der Waals surface area contributed by atoms with Crippen LogP contribution in [0.25, 0.3) is 5.65 Å². The van der Waals surface area contributed by atoms with Gasteiger partial charge >= 0.3 is 0 Å². The fourth-order valence-corrected chi connectivity index (χ4v) is 2.73.